The molecule has 0 spiro atoms. The maximum absolute atomic E-state index is 12.2. The molecule has 132 valence electrons. The molecule has 0 bridgehead atoms. The van der Waals surface area contributed by atoms with E-state index in [9.17, 15) is 9.59 Å². The molecule has 1 aromatic heterocycles. The molecule has 25 heavy (non-hydrogen) atoms. The van der Waals surface area contributed by atoms with Crippen LogP contribution in [0.5, 0.6) is 5.75 Å². The Morgan fingerprint density at radius 2 is 1.96 bits per heavy atom. The minimum absolute atomic E-state index is 0.0402. The topological polar surface area (TPSA) is 58.6 Å². The van der Waals surface area contributed by atoms with E-state index in [1.54, 1.807) is 17.0 Å². The van der Waals surface area contributed by atoms with Gasteiger partial charge in [0.1, 0.15) is 5.75 Å². The molecule has 0 radical (unpaired) electrons. The van der Waals surface area contributed by atoms with E-state index in [1.165, 1.54) is 11.3 Å². The number of hydrogen-bond acceptors (Lipinski definition) is 4. The Morgan fingerprint density at radius 3 is 2.60 bits per heavy atom. The number of nitrogens with one attached hydrogen (secondary N) is 1. The third-order valence-electron chi connectivity index (χ3n) is 4.16. The Labute approximate surface area is 159 Å². The molecule has 2 aromatic rings. The quantitative estimate of drug-likeness (QED) is 0.804. The molecule has 1 aliphatic heterocycles. The van der Waals surface area contributed by atoms with Gasteiger partial charge in [-0.05, 0) is 52.9 Å². The van der Waals surface area contributed by atoms with Crippen molar-refractivity contribution in [2.45, 2.75) is 12.8 Å². The van der Waals surface area contributed by atoms with Crippen molar-refractivity contribution < 1.29 is 14.3 Å². The number of rotatable bonds is 4. The van der Waals surface area contributed by atoms with Crippen LogP contribution in [0.4, 0.5) is 4.79 Å². The monoisotopic (exact) mass is 422 g/mol. The molecular formula is C18H19BrN2O3S. The van der Waals surface area contributed by atoms with Crippen molar-refractivity contribution in [2.75, 3.05) is 19.6 Å². The molecule has 0 saturated carbocycles. The number of halogens is 1. The second-order valence-corrected chi connectivity index (χ2v) is 7.78. The standard InChI is InChI=1S/C18H19BrN2O3S/c19-14-10-16(25-12-14)17(22)20-11-13-6-8-21(9-7-13)18(23)24-15-4-2-1-3-5-15/h1-5,10,12-13H,6-9,11H2,(H,20,22). The van der Waals surface area contributed by atoms with Crippen molar-refractivity contribution in [1.82, 2.24) is 10.2 Å². The molecule has 1 saturated heterocycles. The number of para-hydroxylation sites is 1. The zero-order valence-corrected chi connectivity index (χ0v) is 16.0. The number of ether oxygens (including phenoxy) is 1. The third kappa shape index (κ3) is 5.06. The van der Waals surface area contributed by atoms with E-state index < -0.39 is 0 Å². The third-order valence-corrected chi connectivity index (χ3v) is 5.85. The van der Waals surface area contributed by atoms with E-state index in [1.807, 2.05) is 29.6 Å². The zero-order chi connectivity index (χ0) is 17.6. The molecule has 1 N–H and O–H groups in total. The van der Waals surface area contributed by atoms with Gasteiger partial charge in [-0.2, -0.15) is 0 Å². The Morgan fingerprint density at radius 1 is 1.24 bits per heavy atom. The fourth-order valence-corrected chi connectivity index (χ4v) is 4.07. The number of amides is 2. The van der Waals surface area contributed by atoms with E-state index >= 15 is 0 Å². The Balaban J connectivity index is 1.41. The summed E-state index contributed by atoms with van der Waals surface area (Å²) in [5.74, 6) is 0.902. The summed E-state index contributed by atoms with van der Waals surface area (Å²) in [6, 6.07) is 10.9. The van der Waals surface area contributed by atoms with Crippen molar-refractivity contribution >= 4 is 39.3 Å². The average molecular weight is 423 g/mol. The number of carbonyl (C=O) groups excluding carboxylic acids is 2. The fraction of sp³-hybridized carbons (Fsp3) is 0.333. The van der Waals surface area contributed by atoms with Gasteiger partial charge in [-0.3, -0.25) is 4.79 Å². The average Bonchev–Trinajstić information content (AvgIpc) is 3.07. The summed E-state index contributed by atoms with van der Waals surface area (Å²) in [6.07, 6.45) is 1.41. The number of hydrogen-bond donors (Lipinski definition) is 1. The summed E-state index contributed by atoms with van der Waals surface area (Å²) in [6.45, 7) is 1.93. The predicted molar refractivity (Wildman–Crippen MR) is 101 cm³/mol. The molecule has 5 nitrogen and oxygen atoms in total. The first-order valence-corrected chi connectivity index (χ1v) is 9.83. The Hall–Kier alpha value is -1.86. The molecule has 3 rings (SSSR count). The molecular weight excluding hydrogens is 404 g/mol. The minimum atomic E-state index is -0.308. The number of piperidine rings is 1. The maximum atomic E-state index is 12.2. The lowest BCUT2D eigenvalue weighted by Crippen LogP contribution is -2.42. The lowest BCUT2D eigenvalue weighted by atomic mass is 9.97. The van der Waals surface area contributed by atoms with Gasteiger partial charge in [-0.25, -0.2) is 4.79 Å². The van der Waals surface area contributed by atoms with Crippen LogP contribution in [-0.4, -0.2) is 36.5 Å². The van der Waals surface area contributed by atoms with Crippen LogP contribution in [0.15, 0.2) is 46.3 Å². The van der Waals surface area contributed by atoms with Gasteiger partial charge in [-0.1, -0.05) is 18.2 Å². The predicted octanol–water partition coefficient (Wildman–Crippen LogP) is 4.15. The minimum Gasteiger partial charge on any atom is -0.410 e. The highest BCUT2D eigenvalue weighted by atomic mass is 79.9. The maximum Gasteiger partial charge on any atom is 0.415 e. The lowest BCUT2D eigenvalue weighted by molar-refractivity contribution is 0.0935. The van der Waals surface area contributed by atoms with E-state index in [4.69, 9.17) is 4.74 Å². The smallest absolute Gasteiger partial charge is 0.410 e. The van der Waals surface area contributed by atoms with Crippen LogP contribution in [-0.2, 0) is 0 Å². The van der Waals surface area contributed by atoms with Crippen molar-refractivity contribution in [3.63, 3.8) is 0 Å². The molecule has 1 fully saturated rings. The first-order chi connectivity index (χ1) is 12.1. The van der Waals surface area contributed by atoms with Crippen molar-refractivity contribution in [3.8, 4) is 5.75 Å². The number of carbonyl (C=O) groups is 2. The van der Waals surface area contributed by atoms with Gasteiger partial charge >= 0.3 is 6.09 Å². The summed E-state index contributed by atoms with van der Waals surface area (Å²) in [4.78, 5) is 26.7. The molecule has 1 aromatic carbocycles. The van der Waals surface area contributed by atoms with E-state index in [2.05, 4.69) is 21.2 Å². The summed E-state index contributed by atoms with van der Waals surface area (Å²) < 4.78 is 6.29. The highest BCUT2D eigenvalue weighted by molar-refractivity contribution is 9.10. The fourth-order valence-electron chi connectivity index (χ4n) is 2.73. The first-order valence-electron chi connectivity index (χ1n) is 8.16. The van der Waals surface area contributed by atoms with Crippen LogP contribution in [0.2, 0.25) is 0 Å². The second kappa shape index (κ2) is 8.49. The molecule has 7 heteroatoms. The van der Waals surface area contributed by atoms with Crippen LogP contribution in [0.3, 0.4) is 0 Å². The first kappa shape index (κ1) is 17.9. The largest absolute Gasteiger partial charge is 0.415 e. The summed E-state index contributed by atoms with van der Waals surface area (Å²) in [5, 5.41) is 4.88. The van der Waals surface area contributed by atoms with Crippen molar-refractivity contribution in [1.29, 1.82) is 0 Å². The SMILES string of the molecule is O=C(NCC1CCN(C(=O)Oc2ccccc2)CC1)c1cc(Br)cs1. The van der Waals surface area contributed by atoms with Gasteiger partial charge in [0.05, 0.1) is 4.88 Å². The van der Waals surface area contributed by atoms with Crippen LogP contribution in [0, 0.1) is 5.92 Å². The molecule has 0 atom stereocenters. The molecule has 1 aliphatic rings. The second-order valence-electron chi connectivity index (χ2n) is 5.95. The molecule has 2 amide bonds. The molecule has 0 aliphatic carbocycles. The highest BCUT2D eigenvalue weighted by Gasteiger charge is 2.24. The normalized spacial score (nSPS) is 15.0. The highest BCUT2D eigenvalue weighted by Crippen LogP contribution is 2.21. The van der Waals surface area contributed by atoms with Crippen LogP contribution >= 0.6 is 27.3 Å². The van der Waals surface area contributed by atoms with Crippen molar-refractivity contribution in [3.05, 3.63) is 51.1 Å². The van der Waals surface area contributed by atoms with Gasteiger partial charge in [0.25, 0.3) is 5.91 Å². The van der Waals surface area contributed by atoms with Gasteiger partial charge in [0, 0.05) is 29.5 Å². The summed E-state index contributed by atoms with van der Waals surface area (Å²) in [7, 11) is 0. The van der Waals surface area contributed by atoms with Crippen LogP contribution in [0.25, 0.3) is 0 Å². The van der Waals surface area contributed by atoms with Crippen molar-refractivity contribution in [2.24, 2.45) is 5.92 Å². The van der Waals surface area contributed by atoms with E-state index in [0.717, 1.165) is 17.3 Å². The van der Waals surface area contributed by atoms with Gasteiger partial charge in [-0.15, -0.1) is 11.3 Å². The lowest BCUT2D eigenvalue weighted by Gasteiger charge is -2.31. The van der Waals surface area contributed by atoms with E-state index in [-0.39, 0.29) is 12.0 Å². The molecule has 2 heterocycles. The molecule has 0 unspecified atom stereocenters. The van der Waals surface area contributed by atoms with Crippen LogP contribution in [0.1, 0.15) is 22.5 Å². The van der Waals surface area contributed by atoms with E-state index in [0.29, 0.717) is 36.2 Å². The summed E-state index contributed by atoms with van der Waals surface area (Å²) >= 11 is 4.77. The van der Waals surface area contributed by atoms with Gasteiger partial charge in [0.15, 0.2) is 0 Å². The number of benzene rings is 1. The van der Waals surface area contributed by atoms with Crippen LogP contribution < -0.4 is 10.1 Å². The number of thiophene rings is 1. The van der Waals surface area contributed by atoms with Gasteiger partial charge < -0.3 is 15.0 Å². The summed E-state index contributed by atoms with van der Waals surface area (Å²) in [5.41, 5.74) is 0. The Kier molecular flexibility index (Phi) is 6.09. The Bertz CT molecular complexity index is 727. The zero-order valence-electron chi connectivity index (χ0n) is 13.6. The number of likely N-dealkylation sites (tertiary alicyclic amines) is 1. The van der Waals surface area contributed by atoms with Gasteiger partial charge in [0.2, 0.25) is 0 Å². The number of nitrogens with zero attached hydrogens (tertiary/aromatic N) is 1.